The zero-order valence-corrected chi connectivity index (χ0v) is 11.5. The zero-order valence-electron chi connectivity index (χ0n) is 11.5. The van der Waals surface area contributed by atoms with Gasteiger partial charge in [0.15, 0.2) is 5.69 Å². The van der Waals surface area contributed by atoms with Gasteiger partial charge in [0, 0.05) is 19.1 Å². The van der Waals surface area contributed by atoms with E-state index in [9.17, 15) is 0 Å². The van der Waals surface area contributed by atoms with E-state index in [0.717, 1.165) is 19.6 Å². The van der Waals surface area contributed by atoms with Gasteiger partial charge in [0.05, 0.1) is 18.5 Å². The third-order valence-corrected chi connectivity index (χ3v) is 3.46. The molecule has 1 saturated heterocycles. The Hall–Kier alpha value is -1.67. The fourth-order valence-corrected chi connectivity index (χ4v) is 2.53. The van der Waals surface area contributed by atoms with E-state index in [1.54, 1.807) is 6.20 Å². The van der Waals surface area contributed by atoms with Gasteiger partial charge in [-0.25, -0.2) is 9.97 Å². The van der Waals surface area contributed by atoms with Crippen LogP contribution in [0.3, 0.4) is 0 Å². The SMILES string of the molecule is CC(C)C1OCCCC1CNc1cnc(C#N)cn1. The average Bonchev–Trinajstić information content (AvgIpc) is 2.46. The number of nitrogens with zero attached hydrogens (tertiary/aromatic N) is 3. The minimum Gasteiger partial charge on any atom is -0.378 e. The van der Waals surface area contributed by atoms with E-state index < -0.39 is 0 Å². The first-order valence-corrected chi connectivity index (χ1v) is 6.78. The number of anilines is 1. The van der Waals surface area contributed by atoms with Crippen LogP contribution in [0.2, 0.25) is 0 Å². The standard InChI is InChI=1S/C14H20N4O/c1-10(2)14-11(4-3-5-19-14)7-17-13-9-16-12(6-15)8-18-13/h8-11,14H,3-5,7H2,1-2H3,(H,17,18). The second-order valence-electron chi connectivity index (χ2n) is 5.26. The molecule has 0 aliphatic carbocycles. The van der Waals surface area contributed by atoms with Gasteiger partial charge < -0.3 is 10.1 Å². The third kappa shape index (κ3) is 3.65. The van der Waals surface area contributed by atoms with Crippen LogP contribution in [0, 0.1) is 23.2 Å². The van der Waals surface area contributed by atoms with E-state index in [0.29, 0.717) is 29.5 Å². The lowest BCUT2D eigenvalue weighted by molar-refractivity contribution is -0.0481. The molecule has 2 rings (SSSR count). The molecule has 2 unspecified atom stereocenters. The van der Waals surface area contributed by atoms with E-state index in [1.807, 2.05) is 6.07 Å². The van der Waals surface area contributed by atoms with Gasteiger partial charge in [0.2, 0.25) is 0 Å². The summed E-state index contributed by atoms with van der Waals surface area (Å²) in [6.45, 7) is 6.11. The maximum Gasteiger partial charge on any atom is 0.158 e. The van der Waals surface area contributed by atoms with Gasteiger partial charge in [-0.2, -0.15) is 5.26 Å². The number of rotatable bonds is 4. The summed E-state index contributed by atoms with van der Waals surface area (Å²) in [5, 5.41) is 12.0. The Morgan fingerprint density at radius 1 is 1.47 bits per heavy atom. The molecule has 19 heavy (non-hydrogen) atoms. The molecule has 2 atom stereocenters. The van der Waals surface area contributed by atoms with Crippen molar-refractivity contribution in [2.75, 3.05) is 18.5 Å². The Balaban J connectivity index is 1.91. The molecule has 1 aromatic rings. The molecular formula is C14H20N4O. The highest BCUT2D eigenvalue weighted by molar-refractivity contribution is 5.33. The van der Waals surface area contributed by atoms with E-state index in [1.165, 1.54) is 12.6 Å². The summed E-state index contributed by atoms with van der Waals surface area (Å²) in [5.74, 6) is 1.75. The molecule has 2 heterocycles. The van der Waals surface area contributed by atoms with E-state index in [4.69, 9.17) is 10.00 Å². The normalized spacial score (nSPS) is 23.1. The Labute approximate surface area is 114 Å². The Morgan fingerprint density at radius 2 is 2.32 bits per heavy atom. The lowest BCUT2D eigenvalue weighted by atomic mass is 9.87. The Morgan fingerprint density at radius 3 is 2.95 bits per heavy atom. The maximum atomic E-state index is 8.67. The van der Waals surface area contributed by atoms with Crippen molar-refractivity contribution < 1.29 is 4.74 Å². The van der Waals surface area contributed by atoms with Gasteiger partial charge in [-0.05, 0) is 18.8 Å². The lowest BCUT2D eigenvalue weighted by Crippen LogP contribution is -2.37. The molecular weight excluding hydrogens is 240 g/mol. The fourth-order valence-electron chi connectivity index (χ4n) is 2.53. The van der Waals surface area contributed by atoms with Gasteiger partial charge in [-0.3, -0.25) is 0 Å². The molecule has 102 valence electrons. The molecule has 0 radical (unpaired) electrons. The van der Waals surface area contributed by atoms with Crippen LogP contribution in [0.15, 0.2) is 12.4 Å². The predicted octanol–water partition coefficient (Wildman–Crippen LogP) is 2.21. The highest BCUT2D eigenvalue weighted by Crippen LogP contribution is 2.26. The third-order valence-electron chi connectivity index (χ3n) is 3.46. The molecule has 0 bridgehead atoms. The smallest absolute Gasteiger partial charge is 0.158 e. The molecule has 0 aromatic carbocycles. The van der Waals surface area contributed by atoms with Crippen LogP contribution in [0.5, 0.6) is 0 Å². The van der Waals surface area contributed by atoms with Crippen molar-refractivity contribution in [1.82, 2.24) is 9.97 Å². The van der Waals surface area contributed by atoms with Crippen LogP contribution in [0.25, 0.3) is 0 Å². The van der Waals surface area contributed by atoms with E-state index in [2.05, 4.69) is 29.1 Å². The first-order chi connectivity index (χ1) is 9.20. The second-order valence-corrected chi connectivity index (χ2v) is 5.26. The largest absolute Gasteiger partial charge is 0.378 e. The number of ether oxygens (including phenoxy) is 1. The summed E-state index contributed by atoms with van der Waals surface area (Å²) in [5.41, 5.74) is 0.339. The van der Waals surface area contributed by atoms with Crippen molar-refractivity contribution in [2.45, 2.75) is 32.8 Å². The molecule has 0 amide bonds. The second kappa shape index (κ2) is 6.48. The lowest BCUT2D eigenvalue weighted by Gasteiger charge is -2.34. The summed E-state index contributed by atoms with van der Waals surface area (Å²) in [6.07, 6.45) is 5.70. The number of hydrogen-bond donors (Lipinski definition) is 1. The first kappa shape index (κ1) is 13.8. The number of aromatic nitrogens is 2. The van der Waals surface area contributed by atoms with Crippen LogP contribution in [-0.2, 0) is 4.74 Å². The van der Waals surface area contributed by atoms with Crippen molar-refractivity contribution >= 4 is 5.82 Å². The Bertz CT molecular complexity index is 438. The van der Waals surface area contributed by atoms with E-state index in [-0.39, 0.29) is 0 Å². The van der Waals surface area contributed by atoms with Crippen LogP contribution in [0.4, 0.5) is 5.82 Å². The van der Waals surface area contributed by atoms with Crippen molar-refractivity contribution in [2.24, 2.45) is 11.8 Å². The van der Waals surface area contributed by atoms with Crippen LogP contribution in [-0.4, -0.2) is 29.2 Å². The molecule has 0 spiro atoms. The first-order valence-electron chi connectivity index (χ1n) is 6.78. The fraction of sp³-hybridized carbons (Fsp3) is 0.643. The minimum absolute atomic E-state index is 0.313. The van der Waals surface area contributed by atoms with Gasteiger partial charge in [0.25, 0.3) is 0 Å². The molecule has 1 aliphatic rings. The Kier molecular flexibility index (Phi) is 4.69. The van der Waals surface area contributed by atoms with Crippen molar-refractivity contribution in [3.63, 3.8) is 0 Å². The average molecular weight is 260 g/mol. The molecule has 1 aromatic heterocycles. The van der Waals surface area contributed by atoms with Crippen LogP contribution >= 0.6 is 0 Å². The van der Waals surface area contributed by atoms with Gasteiger partial charge in [0.1, 0.15) is 11.9 Å². The quantitative estimate of drug-likeness (QED) is 0.898. The van der Waals surface area contributed by atoms with Gasteiger partial charge in [-0.1, -0.05) is 13.8 Å². The van der Waals surface area contributed by atoms with Crippen LogP contribution in [0.1, 0.15) is 32.4 Å². The highest BCUT2D eigenvalue weighted by Gasteiger charge is 2.28. The highest BCUT2D eigenvalue weighted by atomic mass is 16.5. The predicted molar refractivity (Wildman–Crippen MR) is 72.5 cm³/mol. The van der Waals surface area contributed by atoms with Gasteiger partial charge >= 0.3 is 0 Å². The molecule has 5 heteroatoms. The zero-order chi connectivity index (χ0) is 13.7. The molecule has 0 saturated carbocycles. The van der Waals surface area contributed by atoms with E-state index >= 15 is 0 Å². The molecule has 1 N–H and O–H groups in total. The summed E-state index contributed by atoms with van der Waals surface area (Å²) in [4.78, 5) is 8.16. The van der Waals surface area contributed by atoms with Crippen molar-refractivity contribution in [1.29, 1.82) is 5.26 Å². The summed E-state index contributed by atoms with van der Waals surface area (Å²) in [7, 11) is 0. The minimum atomic E-state index is 0.313. The molecule has 1 aliphatic heterocycles. The number of hydrogen-bond acceptors (Lipinski definition) is 5. The van der Waals surface area contributed by atoms with Gasteiger partial charge in [-0.15, -0.1) is 0 Å². The molecule has 1 fully saturated rings. The number of nitriles is 1. The van der Waals surface area contributed by atoms with Crippen molar-refractivity contribution in [3.05, 3.63) is 18.1 Å². The maximum absolute atomic E-state index is 8.67. The topological polar surface area (TPSA) is 70.8 Å². The summed E-state index contributed by atoms with van der Waals surface area (Å²) < 4.78 is 5.86. The molecule has 5 nitrogen and oxygen atoms in total. The summed E-state index contributed by atoms with van der Waals surface area (Å²) >= 11 is 0. The number of nitrogens with one attached hydrogen (secondary N) is 1. The summed E-state index contributed by atoms with van der Waals surface area (Å²) in [6, 6.07) is 1.96. The monoisotopic (exact) mass is 260 g/mol. The van der Waals surface area contributed by atoms with Crippen molar-refractivity contribution in [3.8, 4) is 6.07 Å². The van der Waals surface area contributed by atoms with Crippen LogP contribution < -0.4 is 5.32 Å².